The minimum atomic E-state index is -0.483. The van der Waals surface area contributed by atoms with Gasteiger partial charge in [-0.15, -0.1) is 11.8 Å². The maximum atomic E-state index is 12.5. The van der Waals surface area contributed by atoms with Crippen LogP contribution in [0, 0.1) is 23.7 Å². The number of rotatable bonds is 0. The molecule has 4 aliphatic carbocycles. The number of methoxy groups -OCH3 is 2. The predicted molar refractivity (Wildman–Crippen MR) is 80.7 cm³/mol. The number of carbonyl (C=O) groups is 2. The van der Waals surface area contributed by atoms with Gasteiger partial charge < -0.3 is 9.47 Å². The third-order valence-corrected chi connectivity index (χ3v) is 7.71. The van der Waals surface area contributed by atoms with Gasteiger partial charge >= 0.3 is 12.2 Å². The van der Waals surface area contributed by atoms with Gasteiger partial charge in [0.05, 0.1) is 20.1 Å². The van der Waals surface area contributed by atoms with Crippen LogP contribution >= 0.6 is 11.8 Å². The Labute approximate surface area is 134 Å². The molecule has 2 amide bonds. The van der Waals surface area contributed by atoms with Crippen LogP contribution in [0.15, 0.2) is 0 Å². The first-order valence-corrected chi connectivity index (χ1v) is 8.96. The summed E-state index contributed by atoms with van der Waals surface area (Å²) in [6.07, 6.45) is 5.11. The first-order valence-electron chi connectivity index (χ1n) is 7.97. The Morgan fingerprint density at radius 3 is 2.00 bits per heavy atom. The predicted octanol–water partition coefficient (Wildman–Crippen LogP) is 2.89. The van der Waals surface area contributed by atoms with Crippen LogP contribution in [-0.4, -0.2) is 47.2 Å². The van der Waals surface area contributed by atoms with Crippen LogP contribution in [0.3, 0.4) is 0 Å². The van der Waals surface area contributed by atoms with Crippen molar-refractivity contribution in [2.45, 2.75) is 37.0 Å². The first kappa shape index (κ1) is 14.5. The van der Waals surface area contributed by atoms with Crippen molar-refractivity contribution in [3.63, 3.8) is 0 Å². The lowest BCUT2D eigenvalue weighted by atomic mass is 9.53. The Morgan fingerprint density at radius 1 is 0.955 bits per heavy atom. The van der Waals surface area contributed by atoms with Crippen molar-refractivity contribution in [2.24, 2.45) is 23.7 Å². The van der Waals surface area contributed by atoms with E-state index in [0.717, 1.165) is 11.8 Å². The quantitative estimate of drug-likeness (QED) is 0.685. The maximum absolute atomic E-state index is 12.5. The molecule has 122 valence electrons. The molecule has 0 aromatic heterocycles. The van der Waals surface area contributed by atoms with Crippen molar-refractivity contribution in [1.29, 1.82) is 0 Å². The van der Waals surface area contributed by atoms with Crippen LogP contribution in [-0.2, 0) is 9.47 Å². The molecule has 1 spiro atoms. The van der Waals surface area contributed by atoms with Crippen LogP contribution in [0.1, 0.15) is 32.1 Å². The van der Waals surface area contributed by atoms with E-state index in [0.29, 0.717) is 17.7 Å². The molecule has 0 radical (unpaired) electrons. The highest BCUT2D eigenvalue weighted by molar-refractivity contribution is 8.00. The van der Waals surface area contributed by atoms with Crippen LogP contribution in [0.5, 0.6) is 0 Å². The van der Waals surface area contributed by atoms with Gasteiger partial charge in [-0.25, -0.2) is 14.6 Å². The third kappa shape index (κ3) is 1.74. The minimum Gasteiger partial charge on any atom is -0.451 e. The molecule has 22 heavy (non-hydrogen) atoms. The highest BCUT2D eigenvalue weighted by atomic mass is 32.2. The number of thioether (sulfide) groups is 1. The molecule has 4 bridgehead atoms. The SMILES string of the molecule is COC(=O)N1CSC2(C3CC4CC(C3)CC2C4)N1C(=O)OC. The van der Waals surface area contributed by atoms with Gasteiger partial charge in [0.1, 0.15) is 4.87 Å². The van der Waals surface area contributed by atoms with Gasteiger partial charge in [-0.2, -0.15) is 5.01 Å². The molecule has 1 saturated heterocycles. The van der Waals surface area contributed by atoms with Gasteiger partial charge in [0.2, 0.25) is 0 Å². The maximum Gasteiger partial charge on any atom is 0.430 e. The summed E-state index contributed by atoms with van der Waals surface area (Å²) in [5, 5.41) is 3.02. The Hall–Kier alpha value is -1.11. The lowest BCUT2D eigenvalue weighted by Crippen LogP contribution is -2.66. The second-order valence-electron chi connectivity index (χ2n) is 6.98. The van der Waals surface area contributed by atoms with Crippen LogP contribution < -0.4 is 0 Å². The molecule has 6 nitrogen and oxygen atoms in total. The van der Waals surface area contributed by atoms with Crippen molar-refractivity contribution in [3.8, 4) is 0 Å². The zero-order valence-electron chi connectivity index (χ0n) is 13.0. The summed E-state index contributed by atoms with van der Waals surface area (Å²) in [4.78, 5) is 24.3. The number of hydrazine groups is 1. The Morgan fingerprint density at radius 2 is 1.50 bits per heavy atom. The molecule has 1 heterocycles. The van der Waals surface area contributed by atoms with E-state index in [1.165, 1.54) is 51.3 Å². The van der Waals surface area contributed by atoms with Crippen molar-refractivity contribution in [1.82, 2.24) is 10.0 Å². The van der Waals surface area contributed by atoms with Gasteiger partial charge in [0, 0.05) is 0 Å². The standard InChI is InChI=1S/C15H22N2O4S/c1-20-13(18)16-8-22-15(17(16)14(19)21-2)11-4-9-3-10(6-11)7-12(15)5-9/h9-12H,3-8H2,1-2H3. The topological polar surface area (TPSA) is 59.1 Å². The molecule has 7 heteroatoms. The third-order valence-electron chi connectivity index (χ3n) is 6.03. The summed E-state index contributed by atoms with van der Waals surface area (Å²) in [6.45, 7) is 0. The van der Waals surface area contributed by atoms with E-state index in [4.69, 9.17) is 9.47 Å². The lowest BCUT2D eigenvalue weighted by molar-refractivity contribution is -0.123. The van der Waals surface area contributed by atoms with Crippen molar-refractivity contribution in [2.75, 3.05) is 20.1 Å². The van der Waals surface area contributed by atoms with E-state index in [2.05, 4.69) is 0 Å². The second-order valence-corrected chi connectivity index (χ2v) is 8.18. The van der Waals surface area contributed by atoms with Gasteiger partial charge in [-0.05, 0) is 55.8 Å². The van der Waals surface area contributed by atoms with Gasteiger partial charge in [-0.1, -0.05) is 0 Å². The molecule has 5 rings (SSSR count). The lowest BCUT2D eigenvalue weighted by Gasteiger charge is -2.61. The second kappa shape index (κ2) is 4.94. The van der Waals surface area contributed by atoms with E-state index >= 15 is 0 Å². The fourth-order valence-electron chi connectivity index (χ4n) is 5.48. The van der Waals surface area contributed by atoms with Gasteiger partial charge in [0.15, 0.2) is 0 Å². The molecule has 0 aromatic rings. The van der Waals surface area contributed by atoms with Crippen molar-refractivity contribution in [3.05, 3.63) is 0 Å². The molecule has 4 saturated carbocycles. The molecular formula is C15H22N2O4S. The molecule has 0 aromatic carbocycles. The number of carbonyl (C=O) groups excluding carboxylic acids is 2. The molecule has 0 N–H and O–H groups in total. The summed E-state index contributed by atoms with van der Waals surface area (Å²) in [7, 11) is 2.73. The smallest absolute Gasteiger partial charge is 0.430 e. The highest BCUT2D eigenvalue weighted by Crippen LogP contribution is 2.66. The van der Waals surface area contributed by atoms with Crippen LogP contribution in [0.4, 0.5) is 9.59 Å². The van der Waals surface area contributed by atoms with Crippen molar-refractivity contribution >= 4 is 23.9 Å². The fraction of sp³-hybridized carbons (Fsp3) is 0.867. The minimum absolute atomic E-state index is 0.311. The number of nitrogens with zero attached hydrogens (tertiary/aromatic N) is 2. The van der Waals surface area contributed by atoms with E-state index in [-0.39, 0.29) is 4.87 Å². The summed E-state index contributed by atoms with van der Waals surface area (Å²) >= 11 is 1.73. The Balaban J connectivity index is 1.73. The van der Waals surface area contributed by atoms with E-state index in [9.17, 15) is 9.59 Å². The first-order chi connectivity index (χ1) is 10.6. The molecule has 0 atom stereocenters. The zero-order chi connectivity index (χ0) is 15.5. The van der Waals surface area contributed by atoms with Crippen LogP contribution in [0.2, 0.25) is 0 Å². The van der Waals surface area contributed by atoms with Gasteiger partial charge in [-0.3, -0.25) is 0 Å². The molecule has 0 unspecified atom stereocenters. The highest BCUT2D eigenvalue weighted by Gasteiger charge is 2.66. The summed E-state index contributed by atoms with van der Waals surface area (Å²) in [6, 6.07) is 0. The average Bonchev–Trinajstić information content (AvgIpc) is 2.91. The molecule has 5 fully saturated rings. The molecule has 1 aliphatic heterocycles. The fourth-order valence-corrected chi connectivity index (χ4v) is 7.18. The summed E-state index contributed by atoms with van der Waals surface area (Å²) in [5.74, 6) is 3.00. The molecule has 5 aliphatic rings. The Kier molecular flexibility index (Phi) is 3.25. The zero-order valence-corrected chi connectivity index (χ0v) is 13.8. The average molecular weight is 326 g/mol. The van der Waals surface area contributed by atoms with Crippen LogP contribution in [0.25, 0.3) is 0 Å². The number of hydrogen-bond donors (Lipinski definition) is 0. The number of amides is 2. The van der Waals surface area contributed by atoms with E-state index in [1.807, 2.05) is 0 Å². The summed E-state index contributed by atoms with van der Waals surface area (Å²) < 4.78 is 9.88. The van der Waals surface area contributed by atoms with E-state index in [1.54, 1.807) is 16.8 Å². The number of hydrogen-bond acceptors (Lipinski definition) is 5. The normalized spacial score (nSPS) is 42.1. The molecular weight excluding hydrogens is 304 g/mol. The monoisotopic (exact) mass is 326 g/mol. The van der Waals surface area contributed by atoms with Crippen molar-refractivity contribution < 1.29 is 19.1 Å². The Bertz CT molecular complexity index is 484. The van der Waals surface area contributed by atoms with E-state index < -0.39 is 12.2 Å². The van der Waals surface area contributed by atoms with Gasteiger partial charge in [0.25, 0.3) is 0 Å². The summed E-state index contributed by atoms with van der Waals surface area (Å²) in [5.41, 5.74) is 0. The number of ether oxygens (including phenoxy) is 2. The largest absolute Gasteiger partial charge is 0.451 e.